The standard InChI is InChI=1S/C21H14F3NO4S2/c22-21(23,24)16-5-6-19-15(10-16)11-17(9-13-1-3-14(4-2-13)20(26)27)25(19)31(28,29)18-7-8-30-12-18/h1-8,10-12H,9H2,(H,26,27). The van der Waals surface area contributed by atoms with Gasteiger partial charge in [-0.15, -0.1) is 0 Å². The Hall–Kier alpha value is -3.11. The fraction of sp³-hybridized carbons (Fsp3) is 0.0952. The van der Waals surface area contributed by atoms with Crippen molar-refractivity contribution in [2.24, 2.45) is 0 Å². The Morgan fingerprint density at radius 3 is 2.32 bits per heavy atom. The first-order valence-electron chi connectivity index (χ1n) is 8.89. The van der Waals surface area contributed by atoms with Gasteiger partial charge < -0.3 is 5.11 Å². The molecular weight excluding hydrogens is 451 g/mol. The third-order valence-corrected chi connectivity index (χ3v) is 7.37. The minimum atomic E-state index is -4.56. The Kier molecular flexibility index (Phi) is 5.14. The van der Waals surface area contributed by atoms with E-state index in [1.54, 1.807) is 17.5 Å². The van der Waals surface area contributed by atoms with Gasteiger partial charge in [0.15, 0.2) is 0 Å². The summed E-state index contributed by atoms with van der Waals surface area (Å²) >= 11 is 1.19. The molecule has 0 radical (unpaired) electrons. The minimum Gasteiger partial charge on any atom is -0.478 e. The fourth-order valence-corrected chi connectivity index (χ4v) is 5.87. The van der Waals surface area contributed by atoms with Crippen LogP contribution >= 0.6 is 11.3 Å². The summed E-state index contributed by atoms with van der Waals surface area (Å²) in [6.07, 6.45) is -4.48. The zero-order valence-corrected chi connectivity index (χ0v) is 17.3. The van der Waals surface area contributed by atoms with Crippen molar-refractivity contribution in [3.05, 3.63) is 87.7 Å². The highest BCUT2D eigenvalue weighted by molar-refractivity contribution is 7.90. The van der Waals surface area contributed by atoms with E-state index in [0.717, 1.165) is 22.2 Å². The molecule has 0 amide bonds. The van der Waals surface area contributed by atoms with Gasteiger partial charge in [-0.1, -0.05) is 12.1 Å². The largest absolute Gasteiger partial charge is 0.478 e. The quantitative estimate of drug-likeness (QED) is 0.437. The summed E-state index contributed by atoms with van der Waals surface area (Å²) in [5.74, 6) is -1.10. The smallest absolute Gasteiger partial charge is 0.416 e. The second-order valence-electron chi connectivity index (χ2n) is 6.81. The van der Waals surface area contributed by atoms with Crippen molar-refractivity contribution in [2.45, 2.75) is 17.5 Å². The number of carbonyl (C=O) groups is 1. The van der Waals surface area contributed by atoms with Gasteiger partial charge in [-0.05, 0) is 53.4 Å². The maximum absolute atomic E-state index is 13.3. The van der Waals surface area contributed by atoms with E-state index in [2.05, 4.69) is 0 Å². The maximum atomic E-state index is 13.3. The zero-order chi connectivity index (χ0) is 22.4. The van der Waals surface area contributed by atoms with Gasteiger partial charge in [0.25, 0.3) is 10.0 Å². The van der Waals surface area contributed by atoms with Crippen LogP contribution in [-0.4, -0.2) is 23.5 Å². The second kappa shape index (κ2) is 7.54. The number of fused-ring (bicyclic) bond motifs is 1. The number of rotatable bonds is 5. The van der Waals surface area contributed by atoms with Gasteiger partial charge in [-0.2, -0.15) is 24.5 Å². The van der Waals surface area contributed by atoms with Gasteiger partial charge in [0.1, 0.15) is 0 Å². The summed E-state index contributed by atoms with van der Waals surface area (Å²) in [6.45, 7) is 0. The van der Waals surface area contributed by atoms with Crippen LogP contribution in [0.1, 0.15) is 27.2 Å². The predicted octanol–water partition coefficient (Wildman–Crippen LogP) is 5.25. The predicted molar refractivity (Wildman–Crippen MR) is 110 cm³/mol. The zero-order valence-electron chi connectivity index (χ0n) is 15.6. The summed E-state index contributed by atoms with van der Waals surface area (Å²) in [6, 6.07) is 11.6. The lowest BCUT2D eigenvalue weighted by atomic mass is 10.1. The normalized spacial score (nSPS) is 12.4. The number of carboxylic acids is 1. The molecule has 0 spiro atoms. The molecule has 2 aromatic carbocycles. The SMILES string of the molecule is O=C(O)c1ccc(Cc2cc3cc(C(F)(F)F)ccc3n2S(=O)(=O)c2ccsc2)cc1. The summed E-state index contributed by atoms with van der Waals surface area (Å²) in [7, 11) is -4.05. The lowest BCUT2D eigenvalue weighted by Crippen LogP contribution is -2.15. The van der Waals surface area contributed by atoms with E-state index in [1.807, 2.05) is 0 Å². The van der Waals surface area contributed by atoms with Crippen LogP contribution in [-0.2, 0) is 22.6 Å². The minimum absolute atomic E-state index is 0.0392. The maximum Gasteiger partial charge on any atom is 0.416 e. The molecule has 1 N–H and O–H groups in total. The Balaban J connectivity index is 1.89. The van der Waals surface area contributed by atoms with Crippen LogP contribution in [0.5, 0.6) is 0 Å². The molecule has 0 aliphatic carbocycles. The Morgan fingerprint density at radius 1 is 1.03 bits per heavy atom. The van der Waals surface area contributed by atoms with Crippen LogP contribution in [0.3, 0.4) is 0 Å². The molecule has 5 nitrogen and oxygen atoms in total. The molecular formula is C21H14F3NO4S2. The van der Waals surface area contributed by atoms with Crippen molar-refractivity contribution in [3.8, 4) is 0 Å². The van der Waals surface area contributed by atoms with Crippen LogP contribution in [0.4, 0.5) is 13.2 Å². The highest BCUT2D eigenvalue weighted by atomic mass is 32.2. The molecule has 0 saturated carbocycles. The van der Waals surface area contributed by atoms with Crippen molar-refractivity contribution >= 4 is 38.2 Å². The number of thiophene rings is 1. The van der Waals surface area contributed by atoms with Gasteiger partial charge in [-0.25, -0.2) is 17.2 Å². The highest BCUT2D eigenvalue weighted by Gasteiger charge is 2.32. The van der Waals surface area contributed by atoms with E-state index in [1.165, 1.54) is 41.0 Å². The van der Waals surface area contributed by atoms with Crippen molar-refractivity contribution in [3.63, 3.8) is 0 Å². The van der Waals surface area contributed by atoms with Crippen molar-refractivity contribution in [1.82, 2.24) is 3.97 Å². The summed E-state index contributed by atoms with van der Waals surface area (Å²) in [4.78, 5) is 11.1. The number of halogens is 3. The molecule has 160 valence electrons. The van der Waals surface area contributed by atoms with Crippen LogP contribution in [0.25, 0.3) is 10.9 Å². The molecule has 0 fully saturated rings. The van der Waals surface area contributed by atoms with E-state index >= 15 is 0 Å². The first kappa shape index (κ1) is 21.1. The third kappa shape index (κ3) is 3.96. The molecule has 2 heterocycles. The summed E-state index contributed by atoms with van der Waals surface area (Å²) in [5.41, 5.74) is 0.220. The first-order chi connectivity index (χ1) is 14.6. The van der Waals surface area contributed by atoms with Crippen molar-refractivity contribution in [1.29, 1.82) is 0 Å². The molecule has 0 unspecified atom stereocenters. The summed E-state index contributed by atoms with van der Waals surface area (Å²) in [5, 5.41) is 12.2. The van der Waals surface area contributed by atoms with Gasteiger partial charge in [0, 0.05) is 22.9 Å². The number of hydrogen-bond donors (Lipinski definition) is 1. The van der Waals surface area contributed by atoms with Crippen LogP contribution < -0.4 is 0 Å². The van der Waals surface area contributed by atoms with Crippen LogP contribution in [0.15, 0.2) is 70.3 Å². The topological polar surface area (TPSA) is 76.4 Å². The molecule has 2 aromatic heterocycles. The van der Waals surface area contributed by atoms with E-state index in [0.29, 0.717) is 5.56 Å². The van der Waals surface area contributed by atoms with E-state index < -0.39 is 27.7 Å². The van der Waals surface area contributed by atoms with Crippen LogP contribution in [0.2, 0.25) is 0 Å². The molecule has 4 rings (SSSR count). The van der Waals surface area contributed by atoms with E-state index in [4.69, 9.17) is 5.11 Å². The number of hydrogen-bond acceptors (Lipinski definition) is 4. The number of aromatic nitrogens is 1. The highest BCUT2D eigenvalue weighted by Crippen LogP contribution is 2.34. The Morgan fingerprint density at radius 2 is 1.74 bits per heavy atom. The van der Waals surface area contributed by atoms with Gasteiger partial charge in [0.05, 0.1) is 21.5 Å². The Bertz CT molecular complexity index is 1370. The van der Waals surface area contributed by atoms with Gasteiger partial charge in [-0.3, -0.25) is 0 Å². The van der Waals surface area contributed by atoms with Gasteiger partial charge >= 0.3 is 12.1 Å². The Labute approximate surface area is 179 Å². The van der Waals surface area contributed by atoms with Crippen LogP contribution in [0, 0.1) is 0 Å². The number of alkyl halides is 3. The lowest BCUT2D eigenvalue weighted by molar-refractivity contribution is -0.137. The van der Waals surface area contributed by atoms with Crippen molar-refractivity contribution in [2.75, 3.05) is 0 Å². The molecule has 0 saturated heterocycles. The molecule has 10 heteroatoms. The third-order valence-electron chi connectivity index (χ3n) is 4.78. The average molecular weight is 465 g/mol. The molecule has 4 aromatic rings. The number of benzene rings is 2. The summed E-state index contributed by atoms with van der Waals surface area (Å²) < 4.78 is 67.1. The monoisotopic (exact) mass is 465 g/mol. The second-order valence-corrected chi connectivity index (χ2v) is 9.38. The number of carboxylic acid groups (broad SMARTS) is 1. The van der Waals surface area contributed by atoms with Gasteiger partial charge in [0.2, 0.25) is 0 Å². The number of aromatic carboxylic acids is 1. The molecule has 0 aliphatic rings. The number of nitrogens with zero attached hydrogens (tertiary/aromatic N) is 1. The fourth-order valence-electron chi connectivity index (χ4n) is 3.31. The van der Waals surface area contributed by atoms with E-state index in [-0.39, 0.29) is 33.5 Å². The molecule has 31 heavy (non-hydrogen) atoms. The van der Waals surface area contributed by atoms with E-state index in [9.17, 15) is 26.4 Å². The molecule has 0 aliphatic heterocycles. The molecule has 0 bridgehead atoms. The molecule has 0 atom stereocenters. The first-order valence-corrected chi connectivity index (χ1v) is 11.3. The average Bonchev–Trinajstić information content (AvgIpc) is 3.35. The van der Waals surface area contributed by atoms with Crippen molar-refractivity contribution < 1.29 is 31.5 Å². The lowest BCUT2D eigenvalue weighted by Gasteiger charge is -2.12.